The summed E-state index contributed by atoms with van der Waals surface area (Å²) in [5, 5.41) is 13.9. The summed E-state index contributed by atoms with van der Waals surface area (Å²) in [6.45, 7) is 2.26. The smallest absolute Gasteiger partial charge is 0.244 e. The highest BCUT2D eigenvalue weighted by Crippen LogP contribution is 2.34. The number of nitrogens with one attached hydrogen (secondary N) is 1. The van der Waals surface area contributed by atoms with Crippen molar-refractivity contribution in [3.8, 4) is 0 Å². The van der Waals surface area contributed by atoms with Crippen LogP contribution in [-0.4, -0.2) is 48.3 Å². The van der Waals surface area contributed by atoms with Gasteiger partial charge in [0.2, 0.25) is 5.91 Å². The molecule has 4 rings (SSSR count). The number of hydrogen-bond acceptors (Lipinski definition) is 6. The molecule has 2 fully saturated rings. The van der Waals surface area contributed by atoms with E-state index in [2.05, 4.69) is 5.32 Å². The summed E-state index contributed by atoms with van der Waals surface area (Å²) in [5.74, 6) is -0.339. The molecule has 2 N–H and O–H groups in total. The molecule has 2 aromatic rings. The number of aliphatic hydroxyl groups excluding tert-OH is 1. The molecule has 1 amide bonds. The fourth-order valence-corrected chi connectivity index (χ4v) is 3.78. The van der Waals surface area contributed by atoms with Crippen molar-refractivity contribution in [3.63, 3.8) is 0 Å². The van der Waals surface area contributed by atoms with E-state index in [4.69, 9.17) is 18.9 Å². The maximum Gasteiger partial charge on any atom is 0.244 e. The molecule has 2 aromatic carbocycles. The lowest BCUT2D eigenvalue weighted by molar-refractivity contribution is -0.345. The Labute approximate surface area is 181 Å². The molecule has 0 bridgehead atoms. The molecule has 2 saturated heterocycles. The van der Waals surface area contributed by atoms with Gasteiger partial charge in [0.05, 0.1) is 13.2 Å². The van der Waals surface area contributed by atoms with Crippen LogP contribution in [0.25, 0.3) is 0 Å². The topological polar surface area (TPSA) is 86.3 Å². The third-order valence-electron chi connectivity index (χ3n) is 5.32. The summed E-state index contributed by atoms with van der Waals surface area (Å²) in [7, 11) is 0. The van der Waals surface area contributed by atoms with Gasteiger partial charge in [-0.05, 0) is 18.6 Å². The van der Waals surface area contributed by atoms with Crippen LogP contribution in [0.15, 0.2) is 72.8 Å². The molecule has 0 radical (unpaired) electrons. The summed E-state index contributed by atoms with van der Waals surface area (Å²) in [5.41, 5.74) is 1.81. The molecule has 2 aliphatic rings. The highest BCUT2D eigenvalue weighted by Gasteiger charge is 2.50. The minimum Gasteiger partial charge on any atom is -0.388 e. The first kappa shape index (κ1) is 21.7. The summed E-state index contributed by atoms with van der Waals surface area (Å²) < 4.78 is 23.9. The van der Waals surface area contributed by atoms with E-state index < -0.39 is 36.9 Å². The Morgan fingerprint density at radius 3 is 2.55 bits per heavy atom. The van der Waals surface area contributed by atoms with Crippen LogP contribution in [0.1, 0.15) is 24.3 Å². The van der Waals surface area contributed by atoms with Gasteiger partial charge in [0.1, 0.15) is 24.4 Å². The zero-order valence-electron chi connectivity index (χ0n) is 17.3. The van der Waals surface area contributed by atoms with E-state index in [0.29, 0.717) is 0 Å². The quantitative estimate of drug-likeness (QED) is 0.692. The number of carbonyl (C=O) groups is 1. The van der Waals surface area contributed by atoms with Gasteiger partial charge >= 0.3 is 0 Å². The standard InChI is InChI=1S/C24H27NO6/c1-2-9-19(26)25-20-21(27)22-18(15-29-23(31-22)17-12-7-4-8-13-17)30-24(20)28-14-16-10-5-3-6-11-16/h2-13,18,20-24,27H,14-15H2,1H3,(H,25,26)/b9-2+/t18-,20-,21+,22-,23-,24-/m1/s1. The largest absolute Gasteiger partial charge is 0.388 e. The van der Waals surface area contributed by atoms with E-state index in [1.807, 2.05) is 60.7 Å². The van der Waals surface area contributed by atoms with Gasteiger partial charge in [-0.2, -0.15) is 0 Å². The summed E-state index contributed by atoms with van der Waals surface area (Å²) >= 11 is 0. The number of ether oxygens (including phenoxy) is 4. The van der Waals surface area contributed by atoms with Gasteiger partial charge in [-0.3, -0.25) is 4.79 Å². The van der Waals surface area contributed by atoms with Crippen LogP contribution < -0.4 is 5.32 Å². The molecule has 31 heavy (non-hydrogen) atoms. The summed E-state index contributed by atoms with van der Waals surface area (Å²) in [6, 6.07) is 18.3. The Hall–Kier alpha value is -2.55. The lowest BCUT2D eigenvalue weighted by atomic mass is 9.95. The molecule has 0 saturated carbocycles. The van der Waals surface area contributed by atoms with Crippen molar-refractivity contribution in [2.75, 3.05) is 6.61 Å². The Balaban J connectivity index is 1.50. The number of benzene rings is 2. The van der Waals surface area contributed by atoms with Gasteiger partial charge in [-0.15, -0.1) is 0 Å². The Kier molecular flexibility index (Phi) is 7.11. The number of allylic oxidation sites excluding steroid dienone is 1. The number of fused-ring (bicyclic) bond motifs is 1. The van der Waals surface area contributed by atoms with E-state index in [-0.39, 0.29) is 19.1 Å². The normalized spacial score (nSPS) is 30.6. The lowest BCUT2D eigenvalue weighted by Gasteiger charge is -2.47. The van der Waals surface area contributed by atoms with E-state index in [0.717, 1.165) is 11.1 Å². The second-order valence-corrected chi connectivity index (χ2v) is 7.54. The third-order valence-corrected chi connectivity index (χ3v) is 5.32. The van der Waals surface area contributed by atoms with Crippen molar-refractivity contribution >= 4 is 5.91 Å². The molecule has 6 atom stereocenters. The van der Waals surface area contributed by atoms with Gasteiger partial charge in [-0.1, -0.05) is 66.7 Å². The summed E-state index contributed by atoms with van der Waals surface area (Å²) in [6.07, 6.45) is -0.684. The molecular formula is C24H27NO6. The van der Waals surface area contributed by atoms with Crippen LogP contribution in [0, 0.1) is 0 Å². The molecule has 7 nitrogen and oxygen atoms in total. The van der Waals surface area contributed by atoms with Crippen molar-refractivity contribution in [2.24, 2.45) is 0 Å². The fraction of sp³-hybridized carbons (Fsp3) is 0.375. The van der Waals surface area contributed by atoms with Crippen molar-refractivity contribution in [2.45, 2.75) is 50.5 Å². The van der Waals surface area contributed by atoms with Gasteiger partial charge < -0.3 is 29.4 Å². The first-order chi connectivity index (χ1) is 15.2. The monoisotopic (exact) mass is 425 g/mol. The van der Waals surface area contributed by atoms with Crippen molar-refractivity contribution in [1.82, 2.24) is 5.32 Å². The predicted molar refractivity (Wildman–Crippen MR) is 113 cm³/mol. The van der Waals surface area contributed by atoms with E-state index in [1.54, 1.807) is 13.0 Å². The Bertz CT molecular complexity index is 874. The Morgan fingerprint density at radius 2 is 1.84 bits per heavy atom. The maximum absolute atomic E-state index is 12.2. The molecule has 2 aliphatic heterocycles. The minimum absolute atomic E-state index is 0.238. The number of aliphatic hydroxyl groups is 1. The van der Waals surface area contributed by atoms with Crippen LogP contribution >= 0.6 is 0 Å². The van der Waals surface area contributed by atoms with Gasteiger partial charge in [0, 0.05) is 5.56 Å². The molecule has 0 spiro atoms. The second kappa shape index (κ2) is 10.2. The molecule has 0 unspecified atom stereocenters. The highest BCUT2D eigenvalue weighted by atomic mass is 16.7. The van der Waals surface area contributed by atoms with Crippen LogP contribution in [0.5, 0.6) is 0 Å². The molecule has 164 valence electrons. The van der Waals surface area contributed by atoms with Gasteiger partial charge in [0.25, 0.3) is 0 Å². The van der Waals surface area contributed by atoms with Gasteiger partial charge in [0.15, 0.2) is 12.6 Å². The van der Waals surface area contributed by atoms with Crippen LogP contribution in [0.3, 0.4) is 0 Å². The third kappa shape index (κ3) is 5.20. The average Bonchev–Trinajstić information content (AvgIpc) is 2.81. The van der Waals surface area contributed by atoms with Crippen molar-refractivity contribution in [1.29, 1.82) is 0 Å². The van der Waals surface area contributed by atoms with Crippen LogP contribution in [-0.2, 0) is 30.3 Å². The zero-order valence-corrected chi connectivity index (χ0v) is 17.3. The Morgan fingerprint density at radius 1 is 1.13 bits per heavy atom. The molecular weight excluding hydrogens is 398 g/mol. The highest BCUT2D eigenvalue weighted by molar-refractivity contribution is 5.87. The predicted octanol–water partition coefficient (Wildman–Crippen LogP) is 2.46. The zero-order chi connectivity index (χ0) is 21.6. The number of hydrogen-bond donors (Lipinski definition) is 2. The fourth-order valence-electron chi connectivity index (χ4n) is 3.78. The average molecular weight is 425 g/mol. The van der Waals surface area contributed by atoms with Crippen molar-refractivity contribution < 1.29 is 28.8 Å². The van der Waals surface area contributed by atoms with Crippen LogP contribution in [0.4, 0.5) is 0 Å². The molecule has 2 heterocycles. The minimum atomic E-state index is -1.04. The SMILES string of the molecule is C/C=C/C(=O)N[C@H]1[C@H](OCc2ccccc2)O[C@@H]2CO[C@@H](c3ccccc3)O[C@H]2[C@H]1O. The van der Waals surface area contributed by atoms with E-state index >= 15 is 0 Å². The van der Waals surface area contributed by atoms with Crippen LogP contribution in [0.2, 0.25) is 0 Å². The lowest BCUT2D eigenvalue weighted by Crippen LogP contribution is -2.66. The second-order valence-electron chi connectivity index (χ2n) is 7.54. The molecule has 0 aromatic heterocycles. The van der Waals surface area contributed by atoms with Gasteiger partial charge in [-0.25, -0.2) is 0 Å². The number of amides is 1. The van der Waals surface area contributed by atoms with E-state index in [9.17, 15) is 9.90 Å². The first-order valence-corrected chi connectivity index (χ1v) is 10.4. The summed E-state index contributed by atoms with van der Waals surface area (Å²) in [4.78, 5) is 12.2. The first-order valence-electron chi connectivity index (χ1n) is 10.4. The van der Waals surface area contributed by atoms with Crippen molar-refractivity contribution in [3.05, 3.63) is 83.9 Å². The molecule has 0 aliphatic carbocycles. The van der Waals surface area contributed by atoms with E-state index in [1.165, 1.54) is 6.08 Å². The number of carbonyl (C=O) groups excluding carboxylic acids is 1. The maximum atomic E-state index is 12.2. The number of rotatable bonds is 6. The molecule has 7 heteroatoms.